The number of carboxylic acid groups (broad SMARTS) is 1. The van der Waals surface area contributed by atoms with Gasteiger partial charge in [0.15, 0.2) is 11.5 Å². The average Bonchev–Trinajstić information content (AvgIpc) is 2.62. The highest BCUT2D eigenvalue weighted by Crippen LogP contribution is 2.27. The molecule has 0 saturated carbocycles. The van der Waals surface area contributed by atoms with Gasteiger partial charge in [0.25, 0.3) is 5.56 Å². The molecule has 0 fully saturated rings. The summed E-state index contributed by atoms with van der Waals surface area (Å²) < 4.78 is 2.17. The van der Waals surface area contributed by atoms with E-state index in [4.69, 9.17) is 16.7 Å². The van der Waals surface area contributed by atoms with Crippen LogP contribution >= 0.6 is 23.4 Å². The molecule has 0 spiro atoms. The van der Waals surface area contributed by atoms with Gasteiger partial charge in [-0.1, -0.05) is 35.5 Å². The molecular formula is C16H13ClN4O4S. The number of fused-ring (bicyclic) bond motifs is 1. The molecule has 10 heteroatoms. The van der Waals surface area contributed by atoms with Crippen LogP contribution in [0.2, 0.25) is 5.02 Å². The minimum Gasteiger partial charge on any atom is -0.481 e. The summed E-state index contributed by atoms with van der Waals surface area (Å²) in [4.78, 5) is 44.5. The Bertz CT molecular complexity index is 1160. The fourth-order valence-electron chi connectivity index (χ4n) is 2.42. The smallest absolute Gasteiger partial charge is 0.332 e. The van der Waals surface area contributed by atoms with E-state index in [-0.39, 0.29) is 27.6 Å². The summed E-state index contributed by atoms with van der Waals surface area (Å²) in [5.74, 6) is -1.09. The van der Waals surface area contributed by atoms with Crippen LogP contribution in [0.1, 0.15) is 0 Å². The van der Waals surface area contributed by atoms with Crippen molar-refractivity contribution in [1.82, 2.24) is 19.1 Å². The molecular weight excluding hydrogens is 380 g/mol. The van der Waals surface area contributed by atoms with Crippen LogP contribution in [-0.2, 0) is 18.9 Å². The van der Waals surface area contributed by atoms with Crippen LogP contribution < -0.4 is 11.2 Å². The lowest BCUT2D eigenvalue weighted by atomic mass is 10.2. The van der Waals surface area contributed by atoms with Crippen LogP contribution in [0.5, 0.6) is 0 Å². The van der Waals surface area contributed by atoms with E-state index in [9.17, 15) is 14.4 Å². The number of rotatable bonds is 4. The third-order valence-corrected chi connectivity index (χ3v) is 4.88. The first-order valence-corrected chi connectivity index (χ1v) is 8.74. The third-order valence-electron chi connectivity index (χ3n) is 3.68. The fourth-order valence-corrected chi connectivity index (χ4v) is 3.34. The molecule has 1 aromatic carbocycles. The van der Waals surface area contributed by atoms with Gasteiger partial charge >= 0.3 is 11.7 Å². The summed E-state index contributed by atoms with van der Waals surface area (Å²) in [6, 6.07) is 6.79. The Hall–Kier alpha value is -2.65. The van der Waals surface area contributed by atoms with E-state index in [1.54, 1.807) is 24.3 Å². The van der Waals surface area contributed by atoms with Gasteiger partial charge in [-0.2, -0.15) is 0 Å². The van der Waals surface area contributed by atoms with Crippen LogP contribution in [-0.4, -0.2) is 35.9 Å². The maximum absolute atomic E-state index is 12.6. The van der Waals surface area contributed by atoms with Gasteiger partial charge in [-0.15, -0.1) is 0 Å². The minimum absolute atomic E-state index is 0.103. The Morgan fingerprint density at radius 1 is 1.23 bits per heavy atom. The standard InChI is InChI=1S/C16H13ClN4O4S/c1-20-13-11(15(24)21(2)16(20)25)14(26-7-10(22)23)19-12(18-13)8-4-3-5-9(17)6-8/h3-6H,7H2,1-2H3,(H,22,23). The maximum Gasteiger partial charge on any atom is 0.332 e. The van der Waals surface area contributed by atoms with Crippen molar-refractivity contribution in [2.45, 2.75) is 5.03 Å². The first-order valence-electron chi connectivity index (χ1n) is 7.38. The predicted octanol–water partition coefficient (Wildman–Crippen LogP) is 1.52. The zero-order valence-corrected chi connectivity index (χ0v) is 15.3. The second kappa shape index (κ2) is 6.93. The van der Waals surface area contributed by atoms with Crippen molar-refractivity contribution in [2.75, 3.05) is 5.75 Å². The number of hydrogen-bond donors (Lipinski definition) is 1. The van der Waals surface area contributed by atoms with Gasteiger partial charge in [-0.25, -0.2) is 14.8 Å². The molecule has 3 aromatic rings. The molecule has 1 N–H and O–H groups in total. The van der Waals surface area contributed by atoms with Gasteiger partial charge in [0.1, 0.15) is 10.4 Å². The van der Waals surface area contributed by atoms with Gasteiger partial charge in [0.05, 0.1) is 5.75 Å². The Morgan fingerprint density at radius 2 is 1.96 bits per heavy atom. The molecule has 0 aliphatic heterocycles. The molecule has 3 rings (SSSR count). The topological polar surface area (TPSA) is 107 Å². The molecule has 2 aromatic heterocycles. The van der Waals surface area contributed by atoms with Crippen molar-refractivity contribution in [3.8, 4) is 11.4 Å². The molecule has 26 heavy (non-hydrogen) atoms. The highest BCUT2D eigenvalue weighted by Gasteiger charge is 2.19. The van der Waals surface area contributed by atoms with E-state index in [1.165, 1.54) is 18.7 Å². The molecule has 0 aliphatic carbocycles. The van der Waals surface area contributed by atoms with Gasteiger partial charge in [0, 0.05) is 24.7 Å². The van der Waals surface area contributed by atoms with Crippen molar-refractivity contribution in [2.24, 2.45) is 14.1 Å². The lowest BCUT2D eigenvalue weighted by Gasteiger charge is -2.11. The molecule has 0 unspecified atom stereocenters. The van der Waals surface area contributed by atoms with Crippen LogP contribution in [0, 0.1) is 0 Å². The highest BCUT2D eigenvalue weighted by atomic mass is 35.5. The van der Waals surface area contributed by atoms with E-state index in [0.29, 0.717) is 10.6 Å². The summed E-state index contributed by atoms with van der Waals surface area (Å²) in [6.45, 7) is 0. The molecule has 0 aliphatic rings. The Balaban J connectivity index is 2.38. The van der Waals surface area contributed by atoms with Crippen molar-refractivity contribution >= 4 is 40.4 Å². The average molecular weight is 393 g/mol. The Morgan fingerprint density at radius 3 is 2.62 bits per heavy atom. The number of aromatic nitrogens is 4. The number of carbonyl (C=O) groups is 1. The number of nitrogens with zero attached hydrogens (tertiary/aromatic N) is 4. The van der Waals surface area contributed by atoms with E-state index in [0.717, 1.165) is 16.3 Å². The summed E-state index contributed by atoms with van der Waals surface area (Å²) in [7, 11) is 2.84. The fraction of sp³-hybridized carbons (Fsp3) is 0.188. The number of benzene rings is 1. The van der Waals surface area contributed by atoms with E-state index in [2.05, 4.69) is 9.97 Å². The summed E-state index contributed by atoms with van der Waals surface area (Å²) in [6.07, 6.45) is 0. The second-order valence-corrected chi connectivity index (χ2v) is 6.85. The van der Waals surface area contributed by atoms with Crippen LogP contribution in [0.15, 0.2) is 38.9 Å². The lowest BCUT2D eigenvalue weighted by molar-refractivity contribution is -0.133. The van der Waals surface area contributed by atoms with Gasteiger partial charge in [-0.3, -0.25) is 18.7 Å². The molecule has 0 amide bonds. The van der Waals surface area contributed by atoms with E-state index >= 15 is 0 Å². The number of aliphatic carboxylic acids is 1. The minimum atomic E-state index is -1.05. The summed E-state index contributed by atoms with van der Waals surface area (Å²) in [5, 5.41) is 9.75. The number of halogens is 1. The molecule has 134 valence electrons. The Labute approximate surface area is 156 Å². The molecule has 2 heterocycles. The number of aryl methyl sites for hydroxylation is 1. The van der Waals surface area contributed by atoms with Crippen molar-refractivity contribution in [3.63, 3.8) is 0 Å². The van der Waals surface area contributed by atoms with E-state index in [1.807, 2.05) is 0 Å². The van der Waals surface area contributed by atoms with Crippen molar-refractivity contribution < 1.29 is 9.90 Å². The quantitative estimate of drug-likeness (QED) is 0.529. The first kappa shape index (κ1) is 18.2. The second-order valence-electron chi connectivity index (χ2n) is 5.45. The van der Waals surface area contributed by atoms with E-state index < -0.39 is 17.2 Å². The molecule has 0 atom stereocenters. The number of thioether (sulfide) groups is 1. The summed E-state index contributed by atoms with van der Waals surface area (Å²) >= 11 is 6.91. The van der Waals surface area contributed by atoms with Gasteiger partial charge in [-0.05, 0) is 12.1 Å². The maximum atomic E-state index is 12.6. The van der Waals surface area contributed by atoms with Crippen molar-refractivity contribution in [1.29, 1.82) is 0 Å². The molecule has 0 saturated heterocycles. The predicted molar refractivity (Wildman–Crippen MR) is 98.8 cm³/mol. The van der Waals surface area contributed by atoms with Crippen molar-refractivity contribution in [3.05, 3.63) is 50.1 Å². The van der Waals surface area contributed by atoms with Gasteiger partial charge < -0.3 is 5.11 Å². The molecule has 8 nitrogen and oxygen atoms in total. The zero-order valence-electron chi connectivity index (χ0n) is 13.8. The molecule has 0 radical (unpaired) electrons. The van der Waals surface area contributed by atoms with Crippen LogP contribution in [0.25, 0.3) is 22.4 Å². The zero-order chi connectivity index (χ0) is 19.0. The van der Waals surface area contributed by atoms with Gasteiger partial charge in [0.2, 0.25) is 0 Å². The van der Waals surface area contributed by atoms with Crippen LogP contribution in [0.3, 0.4) is 0 Å². The normalized spacial score (nSPS) is 11.0. The Kier molecular flexibility index (Phi) is 4.84. The third kappa shape index (κ3) is 3.23. The summed E-state index contributed by atoms with van der Waals surface area (Å²) in [5.41, 5.74) is -0.387. The first-order chi connectivity index (χ1) is 12.3. The monoisotopic (exact) mass is 392 g/mol. The largest absolute Gasteiger partial charge is 0.481 e. The SMILES string of the molecule is Cn1c(=O)c2c(SCC(=O)O)nc(-c3cccc(Cl)c3)nc2n(C)c1=O. The number of carboxylic acids is 1. The number of hydrogen-bond acceptors (Lipinski definition) is 6. The lowest BCUT2D eigenvalue weighted by Crippen LogP contribution is -2.37. The van der Waals surface area contributed by atoms with Crippen LogP contribution in [0.4, 0.5) is 0 Å². The molecule has 0 bridgehead atoms. The highest BCUT2D eigenvalue weighted by molar-refractivity contribution is 8.00.